The second kappa shape index (κ2) is 6.31. The Morgan fingerprint density at radius 3 is 2.38 bits per heavy atom. The molecule has 0 saturated heterocycles. The van der Waals surface area contributed by atoms with E-state index in [9.17, 15) is 4.79 Å². The molecule has 21 heavy (non-hydrogen) atoms. The number of carbonyl (C=O) groups is 1. The lowest BCUT2D eigenvalue weighted by Gasteiger charge is -2.24. The van der Waals surface area contributed by atoms with Crippen LogP contribution in [0.15, 0.2) is 53.0 Å². The normalized spacial score (nSPS) is 11.2. The second-order valence-electron chi connectivity index (χ2n) is 5.52. The predicted molar refractivity (Wildman–Crippen MR) is 89.9 cm³/mol. The van der Waals surface area contributed by atoms with Gasteiger partial charge >= 0.3 is 0 Å². The number of carbonyl (C=O) groups excluding carboxylic acids is 1. The van der Waals surface area contributed by atoms with Crippen LogP contribution in [0.5, 0.6) is 0 Å². The molecule has 0 aromatic heterocycles. The van der Waals surface area contributed by atoms with Crippen LogP contribution in [0.25, 0.3) is 0 Å². The molecular formula is C17H19BrN2O. The van der Waals surface area contributed by atoms with Crippen molar-refractivity contribution < 1.29 is 4.79 Å². The second-order valence-corrected chi connectivity index (χ2v) is 6.38. The quantitative estimate of drug-likeness (QED) is 0.830. The Labute approximate surface area is 133 Å². The van der Waals surface area contributed by atoms with Gasteiger partial charge in [-0.15, -0.1) is 0 Å². The van der Waals surface area contributed by atoms with Gasteiger partial charge in [0.1, 0.15) is 0 Å². The van der Waals surface area contributed by atoms with Crippen molar-refractivity contribution in [3.8, 4) is 0 Å². The Kier molecular flexibility index (Phi) is 4.68. The number of anilines is 1. The number of hydrogen-bond donors (Lipinski definition) is 2. The lowest BCUT2D eigenvalue weighted by atomic mass is 9.83. The summed E-state index contributed by atoms with van der Waals surface area (Å²) in [6.45, 7) is 4.32. The highest BCUT2D eigenvalue weighted by molar-refractivity contribution is 9.10. The van der Waals surface area contributed by atoms with Gasteiger partial charge in [0.15, 0.2) is 0 Å². The lowest BCUT2D eigenvalue weighted by Crippen LogP contribution is -2.39. The molecule has 0 aliphatic heterocycles. The molecule has 3 nitrogen and oxygen atoms in total. The molecule has 0 unspecified atom stereocenters. The van der Waals surface area contributed by atoms with Gasteiger partial charge in [-0.1, -0.05) is 46.3 Å². The zero-order valence-electron chi connectivity index (χ0n) is 12.2. The molecule has 4 heteroatoms. The lowest BCUT2D eigenvalue weighted by molar-refractivity contribution is -0.125. The van der Waals surface area contributed by atoms with E-state index in [1.165, 1.54) is 0 Å². The van der Waals surface area contributed by atoms with Crippen LogP contribution in [0.3, 0.4) is 0 Å². The zero-order valence-corrected chi connectivity index (χ0v) is 13.8. The number of nitrogens with one attached hydrogen (secondary N) is 1. The topological polar surface area (TPSA) is 55.1 Å². The Hall–Kier alpha value is -1.81. The minimum Gasteiger partial charge on any atom is -0.399 e. The fourth-order valence-corrected chi connectivity index (χ4v) is 2.49. The van der Waals surface area contributed by atoms with E-state index < -0.39 is 5.41 Å². The molecule has 2 rings (SSSR count). The fourth-order valence-electron chi connectivity index (χ4n) is 2.07. The molecule has 0 aliphatic rings. The maximum atomic E-state index is 12.5. The summed E-state index contributed by atoms with van der Waals surface area (Å²) in [6, 6.07) is 15.3. The molecule has 2 aromatic rings. The number of nitrogen functional groups attached to an aromatic ring is 1. The summed E-state index contributed by atoms with van der Waals surface area (Å²) in [6.07, 6.45) is 0. The van der Waals surface area contributed by atoms with Gasteiger partial charge in [0.25, 0.3) is 0 Å². The number of benzene rings is 2. The highest BCUT2D eigenvalue weighted by Crippen LogP contribution is 2.24. The number of amides is 1. The number of hydrogen-bond acceptors (Lipinski definition) is 2. The Morgan fingerprint density at radius 1 is 1.14 bits per heavy atom. The summed E-state index contributed by atoms with van der Waals surface area (Å²) < 4.78 is 0.996. The first kappa shape index (κ1) is 15.6. The van der Waals surface area contributed by atoms with E-state index in [0.717, 1.165) is 15.6 Å². The minimum atomic E-state index is -0.602. The molecule has 0 spiro atoms. The molecule has 0 heterocycles. The molecular weight excluding hydrogens is 328 g/mol. The summed E-state index contributed by atoms with van der Waals surface area (Å²) in [5, 5.41) is 2.99. The van der Waals surface area contributed by atoms with Crippen molar-refractivity contribution in [3.63, 3.8) is 0 Å². The van der Waals surface area contributed by atoms with Crippen LogP contribution in [0.2, 0.25) is 0 Å². The summed E-state index contributed by atoms with van der Waals surface area (Å²) in [4.78, 5) is 12.5. The SMILES string of the molecule is CC(C)(C(=O)NCc1ccccc1Br)c1ccc(N)cc1. The predicted octanol–water partition coefficient (Wildman–Crippen LogP) is 3.63. The van der Waals surface area contributed by atoms with Gasteiger partial charge in [0.05, 0.1) is 5.41 Å². The van der Waals surface area contributed by atoms with Crippen molar-refractivity contribution in [1.82, 2.24) is 5.32 Å². The van der Waals surface area contributed by atoms with Crippen molar-refractivity contribution in [2.45, 2.75) is 25.8 Å². The third-order valence-corrected chi connectivity index (χ3v) is 4.37. The van der Waals surface area contributed by atoms with Crippen molar-refractivity contribution in [2.24, 2.45) is 0 Å². The Bertz CT molecular complexity index is 635. The number of nitrogens with two attached hydrogens (primary N) is 1. The molecule has 1 amide bonds. The number of halogens is 1. The van der Waals surface area contributed by atoms with Gasteiger partial charge in [0.2, 0.25) is 5.91 Å². The van der Waals surface area contributed by atoms with E-state index in [1.807, 2.05) is 62.4 Å². The highest BCUT2D eigenvalue weighted by atomic mass is 79.9. The van der Waals surface area contributed by atoms with Crippen LogP contribution < -0.4 is 11.1 Å². The Morgan fingerprint density at radius 2 is 1.76 bits per heavy atom. The van der Waals surface area contributed by atoms with E-state index in [0.29, 0.717) is 12.2 Å². The molecule has 0 bridgehead atoms. The summed E-state index contributed by atoms with van der Waals surface area (Å²) in [7, 11) is 0. The van der Waals surface area contributed by atoms with Gasteiger partial charge in [-0.25, -0.2) is 0 Å². The van der Waals surface area contributed by atoms with Gasteiger partial charge in [-0.3, -0.25) is 4.79 Å². The van der Waals surface area contributed by atoms with E-state index >= 15 is 0 Å². The van der Waals surface area contributed by atoms with E-state index in [1.54, 1.807) is 0 Å². The first-order valence-corrected chi connectivity index (χ1v) is 7.58. The van der Waals surface area contributed by atoms with Crippen molar-refractivity contribution in [1.29, 1.82) is 0 Å². The van der Waals surface area contributed by atoms with E-state index in [2.05, 4.69) is 21.2 Å². The zero-order chi connectivity index (χ0) is 15.5. The third kappa shape index (κ3) is 3.64. The molecule has 0 atom stereocenters. The molecule has 3 N–H and O–H groups in total. The Balaban J connectivity index is 2.08. The molecule has 110 valence electrons. The summed E-state index contributed by atoms with van der Waals surface area (Å²) in [5.74, 6) is -0.0111. The van der Waals surface area contributed by atoms with Crippen LogP contribution in [0, 0.1) is 0 Å². The van der Waals surface area contributed by atoms with Gasteiger partial charge in [-0.2, -0.15) is 0 Å². The van der Waals surface area contributed by atoms with Gasteiger partial charge in [-0.05, 0) is 43.2 Å². The number of rotatable bonds is 4. The van der Waals surface area contributed by atoms with E-state index in [4.69, 9.17) is 5.73 Å². The molecule has 0 radical (unpaired) electrons. The van der Waals surface area contributed by atoms with Gasteiger partial charge in [0, 0.05) is 16.7 Å². The summed E-state index contributed by atoms with van der Waals surface area (Å²) >= 11 is 3.48. The van der Waals surface area contributed by atoms with Crippen molar-refractivity contribution in [2.75, 3.05) is 5.73 Å². The molecule has 2 aromatic carbocycles. The van der Waals surface area contributed by atoms with E-state index in [-0.39, 0.29) is 5.91 Å². The molecule has 0 aliphatic carbocycles. The first-order valence-electron chi connectivity index (χ1n) is 6.79. The summed E-state index contributed by atoms with van der Waals surface area (Å²) in [5.41, 5.74) is 7.79. The molecule has 0 saturated carbocycles. The highest BCUT2D eigenvalue weighted by Gasteiger charge is 2.29. The van der Waals surface area contributed by atoms with Crippen LogP contribution in [-0.2, 0) is 16.8 Å². The van der Waals surface area contributed by atoms with Crippen LogP contribution in [0.4, 0.5) is 5.69 Å². The monoisotopic (exact) mass is 346 g/mol. The van der Waals surface area contributed by atoms with Crippen LogP contribution >= 0.6 is 15.9 Å². The molecule has 0 fully saturated rings. The van der Waals surface area contributed by atoms with Gasteiger partial charge < -0.3 is 11.1 Å². The third-order valence-electron chi connectivity index (χ3n) is 3.60. The standard InChI is InChI=1S/C17H19BrN2O/c1-17(2,13-7-9-14(19)10-8-13)16(21)20-11-12-5-3-4-6-15(12)18/h3-10H,11,19H2,1-2H3,(H,20,21). The maximum Gasteiger partial charge on any atom is 0.230 e. The fraction of sp³-hybridized carbons (Fsp3) is 0.235. The maximum absolute atomic E-state index is 12.5. The van der Waals surface area contributed by atoms with Crippen LogP contribution in [-0.4, -0.2) is 5.91 Å². The smallest absolute Gasteiger partial charge is 0.230 e. The average molecular weight is 347 g/mol. The largest absolute Gasteiger partial charge is 0.399 e. The first-order chi connectivity index (χ1) is 9.91. The van der Waals surface area contributed by atoms with Crippen molar-refractivity contribution >= 4 is 27.5 Å². The van der Waals surface area contributed by atoms with Crippen LogP contribution in [0.1, 0.15) is 25.0 Å². The average Bonchev–Trinajstić information content (AvgIpc) is 2.46. The minimum absolute atomic E-state index is 0.0111. The van der Waals surface area contributed by atoms with Crippen molar-refractivity contribution in [3.05, 3.63) is 64.1 Å².